The highest BCUT2D eigenvalue weighted by Crippen LogP contribution is 2.27. The summed E-state index contributed by atoms with van der Waals surface area (Å²) < 4.78 is 31.6. The number of benzene rings is 1. The van der Waals surface area contributed by atoms with Crippen molar-refractivity contribution in [2.45, 2.75) is 17.1 Å². The zero-order valence-electron chi connectivity index (χ0n) is 15.7. The number of carbonyl (C=O) groups excluding carboxylic acids is 2. The quantitative estimate of drug-likeness (QED) is 0.386. The van der Waals surface area contributed by atoms with Crippen LogP contribution in [0.15, 0.2) is 46.0 Å². The lowest BCUT2D eigenvalue weighted by Crippen LogP contribution is -2.40. The molecule has 12 heteroatoms. The molecular weight excluding hydrogens is 434 g/mol. The fourth-order valence-corrected chi connectivity index (χ4v) is 5.66. The first-order valence-electron chi connectivity index (χ1n) is 9.02. The molecule has 1 N–H and O–H groups in total. The zero-order valence-corrected chi connectivity index (χ0v) is 17.4. The number of amides is 1. The number of nitrogens with one attached hydrogen (secondary N) is 1. The maximum atomic E-state index is 12.5. The highest BCUT2D eigenvalue weighted by molar-refractivity contribution is 7.91. The lowest BCUT2D eigenvalue weighted by atomic mass is 9.98. The van der Waals surface area contributed by atoms with Crippen LogP contribution >= 0.6 is 11.3 Å². The number of carbonyl (C=O) groups is 2. The molecule has 0 bridgehead atoms. The van der Waals surface area contributed by atoms with Crippen molar-refractivity contribution < 1.29 is 27.7 Å². The van der Waals surface area contributed by atoms with Gasteiger partial charge in [0, 0.05) is 19.2 Å². The fraction of sp³-hybridized carbons (Fsp3) is 0.333. The van der Waals surface area contributed by atoms with E-state index in [1.807, 2.05) is 0 Å². The van der Waals surface area contributed by atoms with Crippen molar-refractivity contribution in [2.24, 2.45) is 5.92 Å². The minimum atomic E-state index is -3.56. The van der Waals surface area contributed by atoms with Gasteiger partial charge in [-0.3, -0.25) is 19.7 Å². The molecule has 2 heterocycles. The number of thiophene rings is 1. The van der Waals surface area contributed by atoms with Crippen molar-refractivity contribution in [3.05, 3.63) is 51.9 Å². The largest absolute Gasteiger partial charge is 0.455 e. The molecule has 3 rings (SSSR count). The molecule has 0 aliphatic carbocycles. The minimum absolute atomic E-state index is 0.00985. The van der Waals surface area contributed by atoms with Crippen LogP contribution in [-0.2, 0) is 24.3 Å². The second-order valence-corrected chi connectivity index (χ2v) is 9.65. The van der Waals surface area contributed by atoms with Gasteiger partial charge in [0.2, 0.25) is 0 Å². The molecule has 0 radical (unpaired) electrons. The molecule has 1 aromatic heterocycles. The van der Waals surface area contributed by atoms with E-state index >= 15 is 0 Å². The number of para-hydroxylation sites is 2. The number of anilines is 1. The molecule has 0 atom stereocenters. The van der Waals surface area contributed by atoms with E-state index in [-0.39, 0.29) is 41.5 Å². The summed E-state index contributed by atoms with van der Waals surface area (Å²) in [5.41, 5.74) is -0.257. The first-order chi connectivity index (χ1) is 14.3. The molecule has 2 aromatic rings. The molecule has 1 aliphatic rings. The van der Waals surface area contributed by atoms with E-state index in [2.05, 4.69) is 5.32 Å². The van der Waals surface area contributed by atoms with Gasteiger partial charge in [0.1, 0.15) is 9.90 Å². The fourth-order valence-electron chi connectivity index (χ4n) is 3.05. The molecule has 1 aliphatic heterocycles. The Kier molecular flexibility index (Phi) is 6.80. The lowest BCUT2D eigenvalue weighted by Gasteiger charge is -2.29. The summed E-state index contributed by atoms with van der Waals surface area (Å²) in [5.74, 6) is -1.81. The first kappa shape index (κ1) is 21.9. The van der Waals surface area contributed by atoms with Crippen molar-refractivity contribution in [3.63, 3.8) is 0 Å². The van der Waals surface area contributed by atoms with Crippen molar-refractivity contribution in [1.29, 1.82) is 0 Å². The average Bonchev–Trinajstić information content (AvgIpc) is 3.28. The SMILES string of the molecule is O=C(COC(=O)C1CCN(S(=O)(=O)c2cccs2)CC1)Nc1ccccc1[N+](=O)[O-]. The van der Waals surface area contributed by atoms with Gasteiger partial charge in [-0.1, -0.05) is 18.2 Å². The van der Waals surface area contributed by atoms with Crippen LogP contribution in [0.25, 0.3) is 0 Å². The predicted octanol–water partition coefficient (Wildman–Crippen LogP) is 2.24. The Morgan fingerprint density at radius 3 is 2.53 bits per heavy atom. The Hall–Kier alpha value is -2.83. The summed E-state index contributed by atoms with van der Waals surface area (Å²) in [6.45, 7) is -0.219. The van der Waals surface area contributed by atoms with Gasteiger partial charge in [0.25, 0.3) is 21.6 Å². The Morgan fingerprint density at radius 2 is 1.90 bits per heavy atom. The molecule has 1 amide bonds. The van der Waals surface area contributed by atoms with Gasteiger partial charge in [-0.15, -0.1) is 11.3 Å². The summed E-state index contributed by atoms with van der Waals surface area (Å²) in [6.07, 6.45) is 0.574. The van der Waals surface area contributed by atoms with E-state index in [0.29, 0.717) is 0 Å². The van der Waals surface area contributed by atoms with Gasteiger partial charge < -0.3 is 10.1 Å². The number of hydrogen-bond acceptors (Lipinski definition) is 8. The van der Waals surface area contributed by atoms with Crippen LogP contribution in [0.4, 0.5) is 11.4 Å². The molecule has 160 valence electrons. The first-order valence-corrected chi connectivity index (χ1v) is 11.3. The highest BCUT2D eigenvalue weighted by Gasteiger charge is 2.33. The molecule has 0 spiro atoms. The van der Waals surface area contributed by atoms with Gasteiger partial charge in [-0.25, -0.2) is 8.42 Å². The Bertz CT molecular complexity index is 1030. The predicted molar refractivity (Wildman–Crippen MR) is 108 cm³/mol. The van der Waals surface area contributed by atoms with Crippen LogP contribution in [0.1, 0.15) is 12.8 Å². The molecule has 1 aromatic carbocycles. The van der Waals surface area contributed by atoms with E-state index in [1.54, 1.807) is 11.4 Å². The Labute approximate surface area is 176 Å². The van der Waals surface area contributed by atoms with Crippen molar-refractivity contribution in [1.82, 2.24) is 4.31 Å². The number of piperidine rings is 1. The lowest BCUT2D eigenvalue weighted by molar-refractivity contribution is -0.383. The molecular formula is C18H19N3O7S2. The van der Waals surface area contributed by atoms with Gasteiger partial charge in [0.05, 0.1) is 10.8 Å². The summed E-state index contributed by atoms with van der Waals surface area (Å²) in [7, 11) is -3.56. The maximum Gasteiger partial charge on any atom is 0.309 e. The Balaban J connectivity index is 1.48. The molecule has 0 unspecified atom stereocenters. The Morgan fingerprint density at radius 1 is 1.20 bits per heavy atom. The van der Waals surface area contributed by atoms with Crippen LogP contribution in [0.5, 0.6) is 0 Å². The number of nitro groups is 1. The van der Waals surface area contributed by atoms with E-state index in [1.165, 1.54) is 34.6 Å². The van der Waals surface area contributed by atoms with Gasteiger partial charge in [-0.05, 0) is 30.4 Å². The highest BCUT2D eigenvalue weighted by atomic mass is 32.2. The van der Waals surface area contributed by atoms with Crippen LogP contribution in [0.2, 0.25) is 0 Å². The summed E-state index contributed by atoms with van der Waals surface area (Å²) in [6, 6.07) is 8.83. The molecule has 10 nitrogen and oxygen atoms in total. The zero-order chi connectivity index (χ0) is 21.7. The number of nitrogens with zero attached hydrogens (tertiary/aromatic N) is 2. The van der Waals surface area contributed by atoms with Gasteiger partial charge in [0.15, 0.2) is 6.61 Å². The summed E-state index contributed by atoms with van der Waals surface area (Å²) >= 11 is 1.14. The summed E-state index contributed by atoms with van der Waals surface area (Å²) in [5, 5.41) is 15.0. The number of hydrogen-bond donors (Lipinski definition) is 1. The van der Waals surface area contributed by atoms with Crippen LogP contribution in [0.3, 0.4) is 0 Å². The minimum Gasteiger partial charge on any atom is -0.455 e. The second-order valence-electron chi connectivity index (χ2n) is 6.54. The smallest absolute Gasteiger partial charge is 0.309 e. The summed E-state index contributed by atoms with van der Waals surface area (Å²) in [4.78, 5) is 34.6. The van der Waals surface area contributed by atoms with Crippen molar-refractivity contribution in [2.75, 3.05) is 25.0 Å². The van der Waals surface area contributed by atoms with Crippen LogP contribution in [-0.4, -0.2) is 49.2 Å². The van der Waals surface area contributed by atoms with Crippen molar-refractivity contribution >= 4 is 44.6 Å². The third kappa shape index (κ3) is 5.01. The van der Waals surface area contributed by atoms with E-state index in [4.69, 9.17) is 4.74 Å². The van der Waals surface area contributed by atoms with Crippen LogP contribution < -0.4 is 5.32 Å². The normalized spacial score (nSPS) is 15.5. The molecule has 1 fully saturated rings. The number of ether oxygens (including phenoxy) is 1. The third-order valence-electron chi connectivity index (χ3n) is 4.60. The molecule has 30 heavy (non-hydrogen) atoms. The van der Waals surface area contributed by atoms with Crippen LogP contribution in [0, 0.1) is 16.0 Å². The topological polar surface area (TPSA) is 136 Å². The molecule has 0 saturated carbocycles. The maximum absolute atomic E-state index is 12.5. The van der Waals surface area contributed by atoms with Crippen molar-refractivity contribution in [3.8, 4) is 0 Å². The van der Waals surface area contributed by atoms with Gasteiger partial charge >= 0.3 is 5.97 Å². The van der Waals surface area contributed by atoms with E-state index in [0.717, 1.165) is 11.3 Å². The second kappa shape index (κ2) is 9.32. The average molecular weight is 453 g/mol. The van der Waals surface area contributed by atoms with E-state index < -0.39 is 39.3 Å². The number of nitro benzene ring substituents is 1. The molecule has 1 saturated heterocycles. The third-order valence-corrected chi connectivity index (χ3v) is 7.87. The number of esters is 1. The monoisotopic (exact) mass is 453 g/mol. The standard InChI is InChI=1S/C18H19N3O7S2/c22-16(19-14-4-1-2-5-15(14)21(24)25)12-28-18(23)13-7-9-20(10-8-13)30(26,27)17-6-3-11-29-17/h1-6,11,13H,7-10,12H2,(H,19,22). The van der Waals surface area contributed by atoms with Gasteiger partial charge in [-0.2, -0.15) is 4.31 Å². The van der Waals surface area contributed by atoms with E-state index in [9.17, 15) is 28.1 Å². The number of rotatable bonds is 7. The number of sulfonamides is 1.